The highest BCUT2D eigenvalue weighted by Crippen LogP contribution is 2.23. The molecule has 2 aromatic heterocycles. The number of thioether (sulfide) groups is 1. The second-order valence-electron chi connectivity index (χ2n) is 6.43. The number of hydrogen-bond donors (Lipinski definition) is 2. The van der Waals surface area contributed by atoms with E-state index >= 15 is 0 Å². The van der Waals surface area contributed by atoms with Crippen LogP contribution in [0.15, 0.2) is 35.6 Å². The van der Waals surface area contributed by atoms with Crippen molar-refractivity contribution in [2.45, 2.75) is 24.4 Å². The molecule has 28 heavy (non-hydrogen) atoms. The number of nitrogens with zero attached hydrogens (tertiary/aromatic N) is 5. The first kappa shape index (κ1) is 18.5. The van der Waals surface area contributed by atoms with Crippen LogP contribution in [0.3, 0.4) is 0 Å². The van der Waals surface area contributed by atoms with Gasteiger partial charge in [0.1, 0.15) is 11.5 Å². The number of imidazole rings is 1. The maximum Gasteiger partial charge on any atom is 0.276 e. The zero-order valence-electron chi connectivity index (χ0n) is 15.4. The number of aromatic nitrogens is 5. The number of aromatic amines is 1. The fraction of sp³-hybridized carbons (Fsp3) is 0.333. The molecule has 0 radical (unpaired) electrons. The van der Waals surface area contributed by atoms with Crippen LogP contribution >= 0.6 is 11.8 Å². The Morgan fingerprint density at radius 1 is 1.21 bits per heavy atom. The Labute approximate surface area is 165 Å². The molecular weight excluding hydrogens is 381 g/mol. The van der Waals surface area contributed by atoms with Gasteiger partial charge in [-0.2, -0.15) is 4.98 Å². The maximum atomic E-state index is 13.3. The highest BCUT2D eigenvalue weighted by Gasteiger charge is 2.20. The third kappa shape index (κ3) is 3.72. The van der Waals surface area contributed by atoms with E-state index in [4.69, 9.17) is 0 Å². The van der Waals surface area contributed by atoms with Crippen molar-refractivity contribution in [3.63, 3.8) is 0 Å². The minimum absolute atomic E-state index is 0.281. The highest BCUT2D eigenvalue weighted by atomic mass is 32.2. The van der Waals surface area contributed by atoms with Gasteiger partial charge in [-0.05, 0) is 49.8 Å². The Balaban J connectivity index is 1.56. The minimum atomic E-state index is -0.376. The molecule has 3 heterocycles. The molecule has 0 saturated carbocycles. The van der Waals surface area contributed by atoms with Gasteiger partial charge < -0.3 is 4.90 Å². The quantitative estimate of drug-likeness (QED) is 0.639. The summed E-state index contributed by atoms with van der Waals surface area (Å²) in [6.07, 6.45) is 6.81. The van der Waals surface area contributed by atoms with Crippen molar-refractivity contribution < 1.29 is 9.18 Å². The second-order valence-corrected chi connectivity index (χ2v) is 7.20. The van der Waals surface area contributed by atoms with Crippen LogP contribution in [0.25, 0.3) is 5.69 Å². The van der Waals surface area contributed by atoms with Gasteiger partial charge >= 0.3 is 0 Å². The second kappa shape index (κ2) is 8.01. The lowest BCUT2D eigenvalue weighted by molar-refractivity contribution is 0.101. The van der Waals surface area contributed by atoms with Crippen LogP contribution in [-0.2, 0) is 0 Å². The largest absolute Gasteiger partial charge is 0.340 e. The van der Waals surface area contributed by atoms with E-state index < -0.39 is 0 Å². The molecule has 1 aromatic carbocycles. The maximum absolute atomic E-state index is 13.3. The molecule has 0 atom stereocenters. The van der Waals surface area contributed by atoms with E-state index in [1.54, 1.807) is 16.7 Å². The smallest absolute Gasteiger partial charge is 0.276 e. The van der Waals surface area contributed by atoms with Gasteiger partial charge in [0.25, 0.3) is 5.91 Å². The summed E-state index contributed by atoms with van der Waals surface area (Å²) in [6, 6.07) is 5.91. The van der Waals surface area contributed by atoms with E-state index in [1.807, 2.05) is 6.26 Å². The lowest BCUT2D eigenvalue weighted by atomic mass is 10.1. The lowest BCUT2D eigenvalue weighted by Crippen LogP contribution is -2.30. The van der Waals surface area contributed by atoms with E-state index in [0.717, 1.165) is 25.9 Å². The zero-order chi connectivity index (χ0) is 19.5. The van der Waals surface area contributed by atoms with Crippen LogP contribution in [0, 0.1) is 5.82 Å². The molecule has 0 spiro atoms. The van der Waals surface area contributed by atoms with Crippen molar-refractivity contribution in [3.8, 4) is 5.69 Å². The molecule has 1 fully saturated rings. The fourth-order valence-corrected chi connectivity index (χ4v) is 3.74. The van der Waals surface area contributed by atoms with Crippen molar-refractivity contribution >= 4 is 29.6 Å². The highest BCUT2D eigenvalue weighted by molar-refractivity contribution is 7.98. The molecule has 10 heteroatoms. The molecule has 1 amide bonds. The summed E-state index contributed by atoms with van der Waals surface area (Å²) in [5.41, 5.74) is 0.979. The molecule has 1 aliphatic heterocycles. The van der Waals surface area contributed by atoms with Crippen LogP contribution in [0.5, 0.6) is 0 Å². The predicted octanol–water partition coefficient (Wildman–Crippen LogP) is 3.09. The van der Waals surface area contributed by atoms with Gasteiger partial charge in [0.15, 0.2) is 5.16 Å². The van der Waals surface area contributed by atoms with E-state index in [0.29, 0.717) is 22.5 Å². The van der Waals surface area contributed by atoms with Crippen molar-refractivity contribution in [1.29, 1.82) is 0 Å². The first-order valence-corrected chi connectivity index (χ1v) is 10.2. The standard InChI is InChI=1S/C18H20FN7OS/c1-28-18-20-11-14(26(18)13-7-5-12(19)6-8-13)15(27)21-16-22-17(24-23-16)25-9-3-2-4-10-25/h5-8,11H,2-4,9-10H2,1H3,(H2,21,22,23,24,27). The van der Waals surface area contributed by atoms with E-state index in [2.05, 4.69) is 30.4 Å². The Bertz CT molecular complexity index is 963. The SMILES string of the molecule is CSc1ncc(C(=O)Nc2nc(N3CCCCC3)n[nH]2)n1-c1ccc(F)cc1. The van der Waals surface area contributed by atoms with Gasteiger partial charge in [0.05, 0.1) is 6.20 Å². The third-order valence-electron chi connectivity index (χ3n) is 4.57. The van der Waals surface area contributed by atoms with Gasteiger partial charge in [0.2, 0.25) is 11.9 Å². The first-order chi connectivity index (χ1) is 13.7. The van der Waals surface area contributed by atoms with Gasteiger partial charge in [-0.25, -0.2) is 14.5 Å². The molecule has 0 aliphatic carbocycles. The Hall–Kier alpha value is -2.88. The number of benzene rings is 1. The predicted molar refractivity (Wildman–Crippen MR) is 106 cm³/mol. The van der Waals surface area contributed by atoms with Gasteiger partial charge in [-0.15, -0.1) is 5.10 Å². The van der Waals surface area contributed by atoms with E-state index in [1.165, 1.54) is 36.5 Å². The van der Waals surface area contributed by atoms with Crippen LogP contribution in [0.1, 0.15) is 29.8 Å². The summed E-state index contributed by atoms with van der Waals surface area (Å²) in [5, 5.41) is 10.3. The summed E-state index contributed by atoms with van der Waals surface area (Å²) in [7, 11) is 0. The first-order valence-electron chi connectivity index (χ1n) is 9.02. The van der Waals surface area contributed by atoms with Crippen LogP contribution in [-0.4, -0.2) is 50.0 Å². The van der Waals surface area contributed by atoms with Crippen LogP contribution in [0.2, 0.25) is 0 Å². The number of rotatable bonds is 5. The summed E-state index contributed by atoms with van der Waals surface area (Å²) in [6.45, 7) is 1.83. The van der Waals surface area contributed by atoms with E-state index in [-0.39, 0.29) is 17.7 Å². The number of halogens is 1. The number of carbonyl (C=O) groups is 1. The molecule has 4 rings (SSSR count). The normalized spacial score (nSPS) is 14.3. The number of H-pyrrole nitrogens is 1. The lowest BCUT2D eigenvalue weighted by Gasteiger charge is -2.24. The van der Waals surface area contributed by atoms with Crippen molar-refractivity contribution in [2.75, 3.05) is 29.6 Å². The summed E-state index contributed by atoms with van der Waals surface area (Å²) in [5.74, 6) is 0.154. The zero-order valence-corrected chi connectivity index (χ0v) is 16.2. The molecule has 1 aliphatic rings. The van der Waals surface area contributed by atoms with E-state index in [9.17, 15) is 9.18 Å². The average Bonchev–Trinajstić information content (AvgIpc) is 3.36. The fourth-order valence-electron chi connectivity index (χ4n) is 3.19. The molecule has 0 unspecified atom stereocenters. The van der Waals surface area contributed by atoms with Crippen LogP contribution < -0.4 is 10.2 Å². The van der Waals surface area contributed by atoms with Gasteiger partial charge in [0, 0.05) is 18.8 Å². The van der Waals surface area contributed by atoms with Gasteiger partial charge in [-0.1, -0.05) is 11.8 Å². The number of anilines is 2. The number of amides is 1. The molecule has 1 saturated heterocycles. The van der Waals surface area contributed by atoms with Crippen molar-refractivity contribution in [3.05, 3.63) is 42.0 Å². The number of hydrogen-bond acceptors (Lipinski definition) is 6. The average molecular weight is 401 g/mol. The Morgan fingerprint density at radius 3 is 2.68 bits per heavy atom. The number of carbonyl (C=O) groups excluding carboxylic acids is 1. The van der Waals surface area contributed by atoms with Gasteiger partial charge in [-0.3, -0.25) is 14.7 Å². The summed E-state index contributed by atoms with van der Waals surface area (Å²) in [4.78, 5) is 23.6. The number of piperidine rings is 1. The minimum Gasteiger partial charge on any atom is -0.340 e. The monoisotopic (exact) mass is 401 g/mol. The van der Waals surface area contributed by atoms with Crippen LogP contribution in [0.4, 0.5) is 16.3 Å². The molecule has 146 valence electrons. The molecular formula is C18H20FN7OS. The molecule has 2 N–H and O–H groups in total. The number of nitrogens with one attached hydrogen (secondary N) is 2. The Morgan fingerprint density at radius 2 is 1.96 bits per heavy atom. The van der Waals surface area contributed by atoms with Crippen molar-refractivity contribution in [1.82, 2.24) is 24.7 Å². The molecule has 8 nitrogen and oxygen atoms in total. The molecule has 3 aromatic rings. The van der Waals surface area contributed by atoms with Crippen molar-refractivity contribution in [2.24, 2.45) is 0 Å². The topological polar surface area (TPSA) is 91.7 Å². The summed E-state index contributed by atoms with van der Waals surface area (Å²) < 4.78 is 15.0. The Kier molecular flexibility index (Phi) is 5.29. The summed E-state index contributed by atoms with van der Waals surface area (Å²) >= 11 is 1.40. The third-order valence-corrected chi connectivity index (χ3v) is 5.23. The molecule has 0 bridgehead atoms.